The molecule has 1 aliphatic rings. The second kappa shape index (κ2) is 5.93. The molecule has 1 unspecified atom stereocenters. The van der Waals surface area contributed by atoms with E-state index in [0.717, 1.165) is 32.1 Å². The highest BCUT2D eigenvalue weighted by Gasteiger charge is 2.28. The molecule has 1 saturated carbocycles. The van der Waals surface area contributed by atoms with Crippen LogP contribution in [0, 0.1) is 0 Å². The number of hydrogen-bond donors (Lipinski definition) is 2. The Kier molecular flexibility index (Phi) is 5.14. The highest BCUT2D eigenvalue weighted by molar-refractivity contribution is 7.90. The minimum atomic E-state index is -3.19. The second-order valence-corrected chi connectivity index (χ2v) is 7.01. The zero-order valence-corrected chi connectivity index (χ0v) is 11.2. The van der Waals surface area contributed by atoms with Crippen LogP contribution in [-0.2, 0) is 10.0 Å². The first-order valence-corrected chi connectivity index (χ1v) is 7.66. The molecule has 3 N–H and O–H groups in total. The molecule has 0 aromatic rings. The molecule has 0 aliphatic heterocycles. The van der Waals surface area contributed by atoms with Gasteiger partial charge in [-0.05, 0) is 19.8 Å². The van der Waals surface area contributed by atoms with E-state index in [0.29, 0.717) is 11.4 Å². The third kappa shape index (κ3) is 4.35. The van der Waals surface area contributed by atoms with Crippen molar-refractivity contribution >= 4 is 27.2 Å². The fraction of sp³-hybridized carbons (Fsp3) is 0.900. The van der Waals surface area contributed by atoms with Gasteiger partial charge in [-0.2, -0.15) is 0 Å². The quantitative estimate of drug-likeness (QED) is 0.734. The van der Waals surface area contributed by atoms with Crippen molar-refractivity contribution in [3.8, 4) is 0 Å². The summed E-state index contributed by atoms with van der Waals surface area (Å²) in [5.74, 6) is 0. The van der Waals surface area contributed by atoms with E-state index in [4.69, 9.17) is 18.0 Å². The molecule has 0 aromatic carbocycles. The summed E-state index contributed by atoms with van der Waals surface area (Å²) in [7, 11) is -3.19. The molecule has 16 heavy (non-hydrogen) atoms. The number of rotatable bonds is 5. The molecule has 1 atom stereocenters. The SMILES string of the molecule is CC(CC(N)=S)NS(=O)(=O)C1CCCCC1. The van der Waals surface area contributed by atoms with Crippen LogP contribution in [0.4, 0.5) is 0 Å². The monoisotopic (exact) mass is 264 g/mol. The van der Waals surface area contributed by atoms with Crippen LogP contribution < -0.4 is 10.5 Å². The lowest BCUT2D eigenvalue weighted by molar-refractivity contribution is 0.473. The molecule has 0 heterocycles. The summed E-state index contributed by atoms with van der Waals surface area (Å²) in [5, 5.41) is -0.227. The van der Waals surface area contributed by atoms with Crippen molar-refractivity contribution in [1.82, 2.24) is 4.72 Å². The van der Waals surface area contributed by atoms with Gasteiger partial charge in [0.1, 0.15) is 0 Å². The van der Waals surface area contributed by atoms with Crippen molar-refractivity contribution in [3.63, 3.8) is 0 Å². The molecular formula is C10H20N2O2S2. The van der Waals surface area contributed by atoms with Gasteiger partial charge in [0.25, 0.3) is 0 Å². The Hall–Kier alpha value is -0.200. The van der Waals surface area contributed by atoms with E-state index < -0.39 is 10.0 Å². The van der Waals surface area contributed by atoms with Crippen molar-refractivity contribution in [2.75, 3.05) is 0 Å². The fourth-order valence-electron chi connectivity index (χ4n) is 2.10. The van der Waals surface area contributed by atoms with E-state index in [1.165, 1.54) is 0 Å². The van der Waals surface area contributed by atoms with Crippen molar-refractivity contribution < 1.29 is 8.42 Å². The number of nitrogens with two attached hydrogens (primary N) is 1. The lowest BCUT2D eigenvalue weighted by Crippen LogP contribution is -2.41. The van der Waals surface area contributed by atoms with Crippen LogP contribution in [0.1, 0.15) is 45.4 Å². The molecule has 0 bridgehead atoms. The number of thiocarbonyl (C=S) groups is 1. The summed E-state index contributed by atoms with van der Waals surface area (Å²) in [6, 6.07) is -0.204. The maximum absolute atomic E-state index is 12.0. The van der Waals surface area contributed by atoms with Gasteiger partial charge in [-0.25, -0.2) is 13.1 Å². The predicted octanol–water partition coefficient (Wildman–Crippen LogP) is 1.30. The van der Waals surface area contributed by atoms with Crippen molar-refractivity contribution in [3.05, 3.63) is 0 Å². The normalized spacial score (nSPS) is 20.6. The van der Waals surface area contributed by atoms with Crippen LogP contribution in [0.3, 0.4) is 0 Å². The van der Waals surface area contributed by atoms with Gasteiger partial charge < -0.3 is 5.73 Å². The van der Waals surface area contributed by atoms with E-state index >= 15 is 0 Å². The largest absolute Gasteiger partial charge is 0.393 e. The molecule has 0 radical (unpaired) electrons. The molecule has 0 aromatic heterocycles. The Morgan fingerprint density at radius 2 is 2.00 bits per heavy atom. The van der Waals surface area contributed by atoms with E-state index in [2.05, 4.69) is 4.72 Å². The zero-order valence-electron chi connectivity index (χ0n) is 9.61. The van der Waals surface area contributed by atoms with Crippen molar-refractivity contribution in [1.29, 1.82) is 0 Å². The fourth-order valence-corrected chi connectivity index (χ4v) is 4.14. The summed E-state index contributed by atoms with van der Waals surface area (Å²) in [6.45, 7) is 1.79. The van der Waals surface area contributed by atoms with Gasteiger partial charge >= 0.3 is 0 Å². The van der Waals surface area contributed by atoms with E-state index in [9.17, 15) is 8.42 Å². The first-order valence-electron chi connectivity index (χ1n) is 5.71. The average Bonchev–Trinajstić information content (AvgIpc) is 2.16. The Morgan fingerprint density at radius 3 is 2.50 bits per heavy atom. The third-order valence-corrected chi connectivity index (χ3v) is 5.11. The molecule has 4 nitrogen and oxygen atoms in total. The number of sulfonamides is 1. The zero-order chi connectivity index (χ0) is 12.2. The molecule has 1 fully saturated rings. The predicted molar refractivity (Wildman–Crippen MR) is 69.8 cm³/mol. The average molecular weight is 264 g/mol. The molecule has 1 aliphatic carbocycles. The highest BCUT2D eigenvalue weighted by Crippen LogP contribution is 2.23. The van der Waals surface area contributed by atoms with Crippen LogP contribution in [-0.4, -0.2) is 24.7 Å². The first kappa shape index (κ1) is 13.9. The Bertz CT molecular complexity index is 335. The lowest BCUT2D eigenvalue weighted by atomic mass is 10.0. The highest BCUT2D eigenvalue weighted by atomic mass is 32.2. The van der Waals surface area contributed by atoms with Crippen LogP contribution in [0.15, 0.2) is 0 Å². The van der Waals surface area contributed by atoms with Crippen LogP contribution in [0.5, 0.6) is 0 Å². The summed E-state index contributed by atoms with van der Waals surface area (Å²) in [6.07, 6.45) is 5.13. The van der Waals surface area contributed by atoms with Gasteiger partial charge in [0.2, 0.25) is 10.0 Å². The van der Waals surface area contributed by atoms with Crippen LogP contribution in [0.25, 0.3) is 0 Å². The van der Waals surface area contributed by atoms with E-state index in [1.807, 2.05) is 0 Å². The first-order chi connectivity index (χ1) is 7.42. The van der Waals surface area contributed by atoms with Gasteiger partial charge in [-0.15, -0.1) is 0 Å². The van der Waals surface area contributed by atoms with Gasteiger partial charge in [-0.3, -0.25) is 0 Å². The van der Waals surface area contributed by atoms with E-state index in [1.54, 1.807) is 6.92 Å². The van der Waals surface area contributed by atoms with Crippen molar-refractivity contribution in [2.45, 2.75) is 56.7 Å². The van der Waals surface area contributed by atoms with E-state index in [-0.39, 0.29) is 11.3 Å². The summed E-state index contributed by atoms with van der Waals surface area (Å²) < 4.78 is 26.6. The van der Waals surface area contributed by atoms with Crippen LogP contribution >= 0.6 is 12.2 Å². The number of nitrogens with one attached hydrogen (secondary N) is 1. The standard InChI is InChI=1S/C10H20N2O2S2/c1-8(7-10(11)15)12-16(13,14)9-5-3-2-4-6-9/h8-9,12H,2-7H2,1H3,(H2,11,15). The molecule has 6 heteroatoms. The maximum Gasteiger partial charge on any atom is 0.214 e. The maximum atomic E-state index is 12.0. The summed E-state index contributed by atoms with van der Waals surface area (Å²) in [4.78, 5) is 0.346. The molecular weight excluding hydrogens is 244 g/mol. The molecule has 0 saturated heterocycles. The lowest BCUT2D eigenvalue weighted by Gasteiger charge is -2.24. The Morgan fingerprint density at radius 1 is 1.44 bits per heavy atom. The topological polar surface area (TPSA) is 72.2 Å². The smallest absolute Gasteiger partial charge is 0.214 e. The summed E-state index contributed by atoms with van der Waals surface area (Å²) in [5.41, 5.74) is 5.39. The molecule has 1 rings (SSSR count). The van der Waals surface area contributed by atoms with Crippen LogP contribution in [0.2, 0.25) is 0 Å². The number of hydrogen-bond acceptors (Lipinski definition) is 3. The Balaban J connectivity index is 2.53. The van der Waals surface area contributed by atoms with Gasteiger partial charge in [0.05, 0.1) is 10.2 Å². The molecule has 0 amide bonds. The molecule has 0 spiro atoms. The second-order valence-electron chi connectivity index (χ2n) is 4.49. The third-order valence-electron chi connectivity index (χ3n) is 2.86. The van der Waals surface area contributed by atoms with Gasteiger partial charge in [0, 0.05) is 12.5 Å². The van der Waals surface area contributed by atoms with Crippen molar-refractivity contribution in [2.24, 2.45) is 5.73 Å². The van der Waals surface area contributed by atoms with Gasteiger partial charge in [0.15, 0.2) is 0 Å². The van der Waals surface area contributed by atoms with Gasteiger partial charge in [-0.1, -0.05) is 31.5 Å². The summed E-state index contributed by atoms with van der Waals surface area (Å²) >= 11 is 4.76. The minimum Gasteiger partial charge on any atom is -0.393 e. The molecule has 94 valence electrons. The Labute approximate surface area is 103 Å². The minimum absolute atomic E-state index is 0.204.